The molecule has 1 aliphatic rings. The number of carbonyl (C=O) groups excluding carboxylic acids is 4. The van der Waals surface area contributed by atoms with Crippen molar-refractivity contribution >= 4 is 34.3 Å². The summed E-state index contributed by atoms with van der Waals surface area (Å²) in [6, 6.07) is 8.31. The number of aryl methyl sites for hydroxylation is 2. The number of ketones is 1. The van der Waals surface area contributed by atoms with E-state index >= 15 is 0 Å². The summed E-state index contributed by atoms with van der Waals surface area (Å²) in [6.07, 6.45) is -4.93. The van der Waals surface area contributed by atoms with E-state index < -0.39 is 47.8 Å². The number of hydrogen-bond acceptors (Lipinski definition) is 6. The molecule has 1 saturated heterocycles. The van der Waals surface area contributed by atoms with E-state index in [1.165, 1.54) is 4.90 Å². The van der Waals surface area contributed by atoms with Crippen LogP contribution in [0.4, 0.5) is 13.2 Å². The van der Waals surface area contributed by atoms with Gasteiger partial charge >= 0.3 is 6.18 Å². The van der Waals surface area contributed by atoms with Gasteiger partial charge < -0.3 is 20.1 Å². The fourth-order valence-corrected chi connectivity index (χ4v) is 5.29. The number of aromatic nitrogens is 1. The van der Waals surface area contributed by atoms with Gasteiger partial charge in [-0.1, -0.05) is 61.5 Å². The number of alkyl halides is 3. The number of likely N-dealkylation sites (tertiary alicyclic amines) is 1. The predicted octanol–water partition coefficient (Wildman–Crippen LogP) is 4.05. The van der Waals surface area contributed by atoms with Gasteiger partial charge in [0.1, 0.15) is 29.4 Å². The Labute approximate surface area is 240 Å². The number of nitrogens with one attached hydrogen (secondary N) is 2. The molecule has 2 aromatic carbocycles. The van der Waals surface area contributed by atoms with Gasteiger partial charge in [-0.25, -0.2) is 0 Å². The first-order chi connectivity index (χ1) is 19.8. The minimum atomic E-state index is -5.18. The van der Waals surface area contributed by atoms with Crippen molar-refractivity contribution in [3.8, 4) is 0 Å². The highest BCUT2D eigenvalue weighted by atomic mass is 19.4. The molecule has 1 aliphatic heterocycles. The quantitative estimate of drug-likeness (QED) is 0.390. The van der Waals surface area contributed by atoms with Crippen LogP contribution in [0.5, 0.6) is 0 Å². The molecule has 0 radical (unpaired) electrons. The second-order valence-electron chi connectivity index (χ2n) is 10.9. The third-order valence-electron chi connectivity index (χ3n) is 7.48. The lowest BCUT2D eigenvalue weighted by Crippen LogP contribution is -2.57. The number of amides is 3. The molecule has 0 bridgehead atoms. The van der Waals surface area contributed by atoms with Gasteiger partial charge in [0.05, 0.1) is 5.69 Å². The molecule has 1 fully saturated rings. The molecule has 0 aliphatic carbocycles. The molecule has 3 atom stereocenters. The molecule has 2 N–H and O–H groups in total. The Kier molecular flexibility index (Phi) is 9.03. The Morgan fingerprint density at radius 3 is 2.36 bits per heavy atom. The molecule has 0 spiro atoms. The summed E-state index contributed by atoms with van der Waals surface area (Å²) < 4.78 is 45.7. The van der Waals surface area contributed by atoms with Gasteiger partial charge in [0.15, 0.2) is 0 Å². The zero-order valence-electron chi connectivity index (χ0n) is 23.7. The lowest BCUT2D eigenvalue weighted by molar-refractivity contribution is -0.173. The third kappa shape index (κ3) is 6.63. The molecule has 3 amide bonds. The van der Waals surface area contributed by atoms with Gasteiger partial charge in [-0.15, -0.1) is 0 Å². The summed E-state index contributed by atoms with van der Waals surface area (Å²) in [6.45, 7) is 6.78. The Morgan fingerprint density at radius 2 is 1.74 bits per heavy atom. The zero-order valence-corrected chi connectivity index (χ0v) is 23.7. The van der Waals surface area contributed by atoms with Crippen molar-refractivity contribution in [1.82, 2.24) is 20.7 Å². The van der Waals surface area contributed by atoms with Gasteiger partial charge in [-0.05, 0) is 48.9 Å². The van der Waals surface area contributed by atoms with Crippen LogP contribution in [0.1, 0.15) is 54.1 Å². The molecule has 2 heterocycles. The van der Waals surface area contributed by atoms with E-state index in [2.05, 4.69) is 15.8 Å². The highest BCUT2D eigenvalue weighted by Gasteiger charge is 2.46. The lowest BCUT2D eigenvalue weighted by atomic mass is 9.98. The summed E-state index contributed by atoms with van der Waals surface area (Å²) in [4.78, 5) is 53.6. The summed E-state index contributed by atoms with van der Waals surface area (Å²) in [7, 11) is 0. The van der Waals surface area contributed by atoms with Crippen LogP contribution in [0, 0.1) is 19.8 Å². The van der Waals surface area contributed by atoms with Crippen molar-refractivity contribution in [3.63, 3.8) is 0 Å². The Balaban J connectivity index is 1.53. The first kappa shape index (κ1) is 30.7. The molecule has 3 unspecified atom stereocenters. The number of carbonyl (C=O) groups is 4. The van der Waals surface area contributed by atoms with Crippen LogP contribution in [-0.2, 0) is 20.8 Å². The zero-order chi connectivity index (χ0) is 30.8. The smallest absolute Gasteiger partial charge is 0.361 e. The average Bonchev–Trinajstić information content (AvgIpc) is 3.56. The summed E-state index contributed by atoms with van der Waals surface area (Å²) in [5.41, 5.74) is 0.995. The number of fused-ring (bicyclic) bond motifs is 1. The van der Waals surface area contributed by atoms with Gasteiger partial charge in [-0.3, -0.25) is 19.2 Å². The van der Waals surface area contributed by atoms with E-state index in [0.717, 1.165) is 10.8 Å². The average molecular weight is 587 g/mol. The van der Waals surface area contributed by atoms with E-state index in [0.29, 0.717) is 17.7 Å². The number of halogens is 3. The predicted molar refractivity (Wildman–Crippen MR) is 147 cm³/mol. The minimum absolute atomic E-state index is 0.171. The van der Waals surface area contributed by atoms with Gasteiger partial charge in [0, 0.05) is 13.0 Å². The summed E-state index contributed by atoms with van der Waals surface area (Å²) in [5.74, 6) is -4.14. The van der Waals surface area contributed by atoms with Crippen molar-refractivity contribution in [2.75, 3.05) is 6.54 Å². The largest absolute Gasteiger partial charge is 0.452 e. The topological polar surface area (TPSA) is 122 Å². The van der Waals surface area contributed by atoms with Gasteiger partial charge in [0.2, 0.25) is 11.8 Å². The molecule has 42 heavy (non-hydrogen) atoms. The molecule has 1 aromatic heterocycles. The standard InChI is InChI=1S/C30H33F3N4O5/c1-16(2)25(35-28(40)24-17(3)36-42-18(24)4)29(41)37-13-7-10-23(37)27(39)34-22(26(38)30(31,32)33)15-19-11-12-20-8-5-6-9-21(20)14-19/h5-6,8-9,11-12,14,16,22-23,25H,7,10,13,15H2,1-4H3,(H,34,39)(H,35,40). The number of benzene rings is 2. The number of rotatable bonds is 9. The fraction of sp³-hybridized carbons (Fsp3) is 0.433. The van der Waals surface area contributed by atoms with E-state index in [1.54, 1.807) is 58.0 Å². The van der Waals surface area contributed by atoms with Crippen molar-refractivity contribution in [3.05, 3.63) is 65.0 Å². The highest BCUT2D eigenvalue weighted by molar-refractivity contribution is 6.00. The van der Waals surface area contributed by atoms with Crippen molar-refractivity contribution < 1.29 is 36.9 Å². The fourth-order valence-electron chi connectivity index (χ4n) is 5.29. The molecule has 4 rings (SSSR count). The van der Waals surface area contributed by atoms with Crippen LogP contribution in [0.3, 0.4) is 0 Å². The number of nitrogens with zero attached hydrogens (tertiary/aromatic N) is 2. The second kappa shape index (κ2) is 12.3. The molecular formula is C30H33F3N4O5. The SMILES string of the molecule is Cc1noc(C)c1C(=O)NC(C(=O)N1CCCC1C(=O)NC(Cc1ccc2ccccc2c1)C(=O)C(F)(F)F)C(C)C. The maximum atomic E-state index is 13.6. The van der Waals surface area contributed by atoms with E-state index in [9.17, 15) is 32.3 Å². The normalized spacial score (nSPS) is 16.9. The number of hydrogen-bond donors (Lipinski definition) is 2. The van der Waals surface area contributed by atoms with E-state index in [-0.39, 0.29) is 36.6 Å². The van der Waals surface area contributed by atoms with Gasteiger partial charge in [0.25, 0.3) is 11.7 Å². The molecule has 3 aromatic rings. The summed E-state index contributed by atoms with van der Waals surface area (Å²) >= 11 is 0. The van der Waals surface area contributed by atoms with Crippen molar-refractivity contribution in [2.24, 2.45) is 5.92 Å². The Hall–Kier alpha value is -4.22. The monoisotopic (exact) mass is 586 g/mol. The first-order valence-corrected chi connectivity index (χ1v) is 13.7. The highest BCUT2D eigenvalue weighted by Crippen LogP contribution is 2.25. The maximum Gasteiger partial charge on any atom is 0.452 e. The van der Waals surface area contributed by atoms with Crippen molar-refractivity contribution in [2.45, 2.75) is 71.3 Å². The number of Topliss-reactive ketones (excluding diaryl/α,β-unsaturated/α-hetero) is 1. The van der Waals surface area contributed by atoms with Gasteiger partial charge in [-0.2, -0.15) is 13.2 Å². The van der Waals surface area contributed by atoms with Crippen LogP contribution < -0.4 is 10.6 Å². The van der Waals surface area contributed by atoms with Crippen LogP contribution in [0.2, 0.25) is 0 Å². The molecular weight excluding hydrogens is 553 g/mol. The first-order valence-electron chi connectivity index (χ1n) is 13.7. The summed E-state index contributed by atoms with van der Waals surface area (Å²) in [5, 5.41) is 10.4. The molecule has 12 heteroatoms. The van der Waals surface area contributed by atoms with Crippen LogP contribution >= 0.6 is 0 Å². The van der Waals surface area contributed by atoms with E-state index in [1.807, 2.05) is 12.1 Å². The lowest BCUT2D eigenvalue weighted by Gasteiger charge is -2.31. The molecule has 0 saturated carbocycles. The maximum absolute atomic E-state index is 13.6. The minimum Gasteiger partial charge on any atom is -0.361 e. The molecule has 224 valence electrons. The Morgan fingerprint density at radius 1 is 1.05 bits per heavy atom. The van der Waals surface area contributed by atoms with E-state index in [4.69, 9.17) is 4.52 Å². The molecule has 9 nitrogen and oxygen atoms in total. The third-order valence-corrected chi connectivity index (χ3v) is 7.48. The van der Waals surface area contributed by atoms with Crippen LogP contribution in [0.15, 0.2) is 47.0 Å². The Bertz CT molecular complexity index is 1480. The second-order valence-corrected chi connectivity index (χ2v) is 10.9. The van der Waals surface area contributed by atoms with Crippen molar-refractivity contribution in [1.29, 1.82) is 0 Å². The van der Waals surface area contributed by atoms with Crippen LogP contribution in [0.25, 0.3) is 10.8 Å². The van der Waals surface area contributed by atoms with Crippen LogP contribution in [-0.4, -0.2) is 64.4 Å².